The molecule has 0 saturated heterocycles. The fourth-order valence-corrected chi connectivity index (χ4v) is 2.48. The molecule has 0 amide bonds. The zero-order valence-corrected chi connectivity index (χ0v) is 12.8. The minimum Gasteiger partial charge on any atom is -0.465 e. The monoisotopic (exact) mass is 329 g/mol. The number of hydrogen-bond donors (Lipinski definition) is 0. The number of ether oxygens (including phenoxy) is 1. The summed E-state index contributed by atoms with van der Waals surface area (Å²) < 4.78 is 32.3. The Labute approximate surface area is 135 Å². The van der Waals surface area contributed by atoms with Crippen LogP contribution >= 0.6 is 0 Å². The Morgan fingerprint density at radius 1 is 1.08 bits per heavy atom. The van der Waals surface area contributed by atoms with E-state index in [0.29, 0.717) is 16.3 Å². The predicted octanol–water partition coefficient (Wildman–Crippen LogP) is 3.11. The molecule has 0 bridgehead atoms. The first-order chi connectivity index (χ1) is 11.5. The summed E-state index contributed by atoms with van der Waals surface area (Å²) in [6.07, 6.45) is 1.57. The van der Waals surface area contributed by atoms with Crippen LogP contribution in [-0.2, 0) is 11.3 Å². The summed E-state index contributed by atoms with van der Waals surface area (Å²) in [4.78, 5) is 24.2. The van der Waals surface area contributed by atoms with Crippen molar-refractivity contribution < 1.29 is 18.3 Å². The van der Waals surface area contributed by atoms with Gasteiger partial charge in [0, 0.05) is 11.6 Å². The first-order valence-electron chi connectivity index (χ1n) is 7.15. The third-order valence-corrected chi connectivity index (χ3v) is 3.74. The number of carbonyl (C=O) groups is 1. The van der Waals surface area contributed by atoms with Gasteiger partial charge in [-0.1, -0.05) is 12.1 Å². The maximum Gasteiger partial charge on any atom is 0.337 e. The summed E-state index contributed by atoms with van der Waals surface area (Å²) in [5.41, 5.74) is 0.398. The number of pyridine rings is 1. The molecule has 122 valence electrons. The number of rotatable bonds is 3. The van der Waals surface area contributed by atoms with Crippen LogP contribution in [0.4, 0.5) is 8.78 Å². The molecule has 0 fully saturated rings. The van der Waals surface area contributed by atoms with Crippen LogP contribution in [0.1, 0.15) is 15.9 Å². The van der Waals surface area contributed by atoms with E-state index in [2.05, 4.69) is 4.74 Å². The lowest BCUT2D eigenvalue weighted by molar-refractivity contribution is 0.0601. The standard InChI is InChI=1S/C18H13F2NO3/c1-24-18(23)13-4-3-12-6-7-21(17(22)14(12)9-13)10-11-2-5-15(19)16(20)8-11/h2-9H,10H2,1H3. The molecule has 1 heterocycles. The van der Waals surface area contributed by atoms with E-state index in [4.69, 9.17) is 0 Å². The second-order valence-corrected chi connectivity index (χ2v) is 5.29. The topological polar surface area (TPSA) is 48.3 Å². The average molecular weight is 329 g/mol. The molecular formula is C18H13F2NO3. The fourth-order valence-electron chi connectivity index (χ4n) is 2.48. The van der Waals surface area contributed by atoms with E-state index in [9.17, 15) is 18.4 Å². The van der Waals surface area contributed by atoms with E-state index in [0.717, 1.165) is 12.1 Å². The van der Waals surface area contributed by atoms with Gasteiger partial charge in [-0.3, -0.25) is 4.79 Å². The van der Waals surface area contributed by atoms with Crippen molar-refractivity contribution in [3.8, 4) is 0 Å². The smallest absolute Gasteiger partial charge is 0.337 e. The van der Waals surface area contributed by atoms with Gasteiger partial charge in [0.05, 0.1) is 19.2 Å². The molecule has 1 aromatic heterocycles. The number of halogens is 2. The van der Waals surface area contributed by atoms with Crippen molar-refractivity contribution in [3.05, 3.63) is 81.8 Å². The van der Waals surface area contributed by atoms with Crippen LogP contribution in [0.15, 0.2) is 53.5 Å². The van der Waals surface area contributed by atoms with Crippen molar-refractivity contribution in [1.82, 2.24) is 4.57 Å². The molecule has 0 atom stereocenters. The third-order valence-electron chi connectivity index (χ3n) is 3.74. The first kappa shape index (κ1) is 15.9. The van der Waals surface area contributed by atoms with Gasteiger partial charge < -0.3 is 9.30 Å². The molecule has 0 saturated carbocycles. The maximum absolute atomic E-state index is 13.3. The molecule has 0 aliphatic heterocycles. The molecule has 3 rings (SSSR count). The lowest BCUT2D eigenvalue weighted by atomic mass is 10.1. The molecule has 0 unspecified atom stereocenters. The van der Waals surface area contributed by atoms with Crippen LogP contribution in [0, 0.1) is 11.6 Å². The Morgan fingerprint density at radius 2 is 1.88 bits per heavy atom. The van der Waals surface area contributed by atoms with Gasteiger partial charge in [0.2, 0.25) is 0 Å². The highest BCUT2D eigenvalue weighted by molar-refractivity contribution is 5.95. The van der Waals surface area contributed by atoms with E-state index < -0.39 is 17.6 Å². The van der Waals surface area contributed by atoms with Crippen LogP contribution in [-0.4, -0.2) is 17.6 Å². The summed E-state index contributed by atoms with van der Waals surface area (Å²) in [5.74, 6) is -2.44. The van der Waals surface area contributed by atoms with Crippen molar-refractivity contribution in [2.24, 2.45) is 0 Å². The number of nitrogens with zero attached hydrogens (tertiary/aromatic N) is 1. The van der Waals surface area contributed by atoms with Crippen LogP contribution in [0.5, 0.6) is 0 Å². The summed E-state index contributed by atoms with van der Waals surface area (Å²) >= 11 is 0. The molecule has 0 spiro atoms. The fraction of sp³-hybridized carbons (Fsp3) is 0.111. The second kappa shape index (κ2) is 6.23. The van der Waals surface area contributed by atoms with Gasteiger partial charge in [0.15, 0.2) is 11.6 Å². The Hall–Kier alpha value is -3.02. The minimum atomic E-state index is -0.964. The van der Waals surface area contributed by atoms with Gasteiger partial charge in [-0.15, -0.1) is 0 Å². The van der Waals surface area contributed by atoms with Crippen LogP contribution in [0.2, 0.25) is 0 Å². The minimum absolute atomic E-state index is 0.0917. The van der Waals surface area contributed by atoms with E-state index in [1.807, 2.05) is 0 Å². The van der Waals surface area contributed by atoms with E-state index in [1.165, 1.54) is 23.8 Å². The Kier molecular flexibility index (Phi) is 4.12. The van der Waals surface area contributed by atoms with E-state index in [-0.39, 0.29) is 17.7 Å². The molecule has 0 aliphatic rings. The quantitative estimate of drug-likeness (QED) is 0.694. The van der Waals surface area contributed by atoms with Crippen molar-refractivity contribution >= 4 is 16.7 Å². The normalized spacial score (nSPS) is 10.8. The highest BCUT2D eigenvalue weighted by Gasteiger charge is 2.10. The second-order valence-electron chi connectivity index (χ2n) is 5.29. The largest absolute Gasteiger partial charge is 0.465 e. The van der Waals surface area contributed by atoms with Crippen molar-refractivity contribution in [3.63, 3.8) is 0 Å². The highest BCUT2D eigenvalue weighted by atomic mass is 19.2. The number of methoxy groups -OCH3 is 1. The molecule has 0 radical (unpaired) electrons. The Balaban J connectivity index is 2.05. The van der Waals surface area contributed by atoms with Gasteiger partial charge in [-0.25, -0.2) is 13.6 Å². The van der Waals surface area contributed by atoms with Crippen molar-refractivity contribution in [1.29, 1.82) is 0 Å². The van der Waals surface area contributed by atoms with Crippen LogP contribution in [0.3, 0.4) is 0 Å². The van der Waals surface area contributed by atoms with E-state index in [1.54, 1.807) is 24.4 Å². The average Bonchev–Trinajstić information content (AvgIpc) is 2.59. The van der Waals surface area contributed by atoms with Gasteiger partial charge in [0.1, 0.15) is 0 Å². The number of aromatic nitrogens is 1. The lowest BCUT2D eigenvalue weighted by Gasteiger charge is -2.09. The van der Waals surface area contributed by atoms with Gasteiger partial charge >= 0.3 is 5.97 Å². The molecule has 0 aliphatic carbocycles. The van der Waals surface area contributed by atoms with Gasteiger partial charge in [-0.2, -0.15) is 0 Å². The van der Waals surface area contributed by atoms with Crippen molar-refractivity contribution in [2.75, 3.05) is 7.11 Å². The first-order valence-corrected chi connectivity index (χ1v) is 7.15. The number of fused-ring (bicyclic) bond motifs is 1. The molecular weight excluding hydrogens is 316 g/mol. The Morgan fingerprint density at radius 3 is 2.58 bits per heavy atom. The number of carbonyl (C=O) groups excluding carboxylic acids is 1. The zero-order chi connectivity index (χ0) is 17.3. The molecule has 6 heteroatoms. The summed E-state index contributed by atoms with van der Waals surface area (Å²) in [5, 5.41) is 1.03. The lowest BCUT2D eigenvalue weighted by Crippen LogP contribution is -2.20. The molecule has 0 N–H and O–H groups in total. The molecule has 3 aromatic rings. The summed E-state index contributed by atoms with van der Waals surface area (Å²) in [6.45, 7) is 0.0917. The number of esters is 1. The highest BCUT2D eigenvalue weighted by Crippen LogP contribution is 2.14. The molecule has 2 aromatic carbocycles. The Bertz CT molecular complexity index is 995. The summed E-state index contributed by atoms with van der Waals surface area (Å²) in [7, 11) is 1.26. The van der Waals surface area contributed by atoms with E-state index >= 15 is 0 Å². The summed E-state index contributed by atoms with van der Waals surface area (Å²) in [6, 6.07) is 9.91. The molecule has 24 heavy (non-hydrogen) atoms. The SMILES string of the molecule is COC(=O)c1ccc2ccn(Cc3ccc(F)c(F)c3)c(=O)c2c1. The maximum atomic E-state index is 13.3. The van der Waals surface area contributed by atoms with Crippen molar-refractivity contribution in [2.45, 2.75) is 6.54 Å². The zero-order valence-electron chi connectivity index (χ0n) is 12.8. The predicted molar refractivity (Wildman–Crippen MR) is 85.0 cm³/mol. The number of hydrogen-bond acceptors (Lipinski definition) is 3. The van der Waals surface area contributed by atoms with Gasteiger partial charge in [0.25, 0.3) is 5.56 Å². The third kappa shape index (κ3) is 2.90. The van der Waals surface area contributed by atoms with Crippen LogP contribution in [0.25, 0.3) is 10.8 Å². The molecule has 4 nitrogen and oxygen atoms in total. The van der Waals surface area contributed by atoms with Crippen LogP contribution < -0.4 is 5.56 Å². The number of benzene rings is 2. The van der Waals surface area contributed by atoms with Gasteiger partial charge in [-0.05, 0) is 41.3 Å².